The van der Waals surface area contributed by atoms with Gasteiger partial charge in [-0.1, -0.05) is 161 Å². The monoisotopic (exact) mass is 664 g/mol. The van der Waals surface area contributed by atoms with Crippen molar-refractivity contribution in [2.45, 2.75) is 219 Å². The van der Waals surface area contributed by atoms with Crippen LogP contribution in [0.3, 0.4) is 0 Å². The van der Waals surface area contributed by atoms with Crippen LogP contribution in [0.5, 0.6) is 0 Å². The van der Waals surface area contributed by atoms with Crippen molar-refractivity contribution in [2.75, 3.05) is 27.2 Å². The SMILES string of the molecule is CCCCCCCC/C=C\CCCCCCCC(=O)OC(CCCCCCCCCCCCCCCC)C[N+](C)(C)CCCC(=O)[O-]. The Labute approximate surface area is 293 Å². The molecular formula is C42H81NO4. The molecule has 1 atom stereocenters. The Morgan fingerprint density at radius 3 is 1.40 bits per heavy atom. The molecule has 278 valence electrons. The second-order valence-corrected chi connectivity index (χ2v) is 15.1. The van der Waals surface area contributed by atoms with E-state index < -0.39 is 5.97 Å². The second-order valence-electron chi connectivity index (χ2n) is 15.1. The zero-order valence-electron chi connectivity index (χ0n) is 32.1. The smallest absolute Gasteiger partial charge is 0.306 e. The number of carbonyl (C=O) groups is 2. The van der Waals surface area contributed by atoms with E-state index in [9.17, 15) is 14.7 Å². The molecule has 1 unspecified atom stereocenters. The topological polar surface area (TPSA) is 66.4 Å². The third kappa shape index (κ3) is 35.8. The first-order chi connectivity index (χ1) is 22.8. The highest BCUT2D eigenvalue weighted by molar-refractivity contribution is 5.69. The number of ether oxygens (including phenoxy) is 1. The zero-order chi connectivity index (χ0) is 34.7. The van der Waals surface area contributed by atoms with Crippen LogP contribution in [-0.4, -0.2) is 49.7 Å². The molecule has 5 heteroatoms. The minimum absolute atomic E-state index is 0.0623. The summed E-state index contributed by atoms with van der Waals surface area (Å²) in [6.45, 7) is 6.03. The van der Waals surface area contributed by atoms with E-state index in [-0.39, 0.29) is 18.5 Å². The number of hydrogen-bond acceptors (Lipinski definition) is 4. The van der Waals surface area contributed by atoms with Gasteiger partial charge >= 0.3 is 5.97 Å². The quantitative estimate of drug-likeness (QED) is 0.0287. The summed E-state index contributed by atoms with van der Waals surface area (Å²) < 4.78 is 6.72. The Hall–Kier alpha value is -1.36. The van der Waals surface area contributed by atoms with Gasteiger partial charge in [0.15, 0.2) is 6.10 Å². The zero-order valence-corrected chi connectivity index (χ0v) is 32.1. The Bertz CT molecular complexity index is 719. The molecule has 0 aromatic carbocycles. The predicted molar refractivity (Wildman–Crippen MR) is 200 cm³/mol. The molecular weight excluding hydrogens is 582 g/mol. The van der Waals surface area contributed by atoms with Crippen LogP contribution in [-0.2, 0) is 14.3 Å². The summed E-state index contributed by atoms with van der Waals surface area (Å²) in [5.41, 5.74) is 0. The highest BCUT2D eigenvalue weighted by Gasteiger charge is 2.24. The summed E-state index contributed by atoms with van der Waals surface area (Å²) in [5.74, 6) is -1.05. The molecule has 0 aliphatic carbocycles. The molecule has 0 aromatic rings. The molecule has 47 heavy (non-hydrogen) atoms. The number of likely N-dealkylation sites (N-methyl/N-ethyl adjacent to an activating group) is 1. The fraction of sp³-hybridized carbons (Fsp3) is 0.905. The molecule has 0 saturated heterocycles. The molecule has 0 aromatic heterocycles. The van der Waals surface area contributed by atoms with Crippen molar-refractivity contribution in [1.82, 2.24) is 0 Å². The molecule has 0 aliphatic heterocycles. The molecule has 0 spiro atoms. The summed E-state index contributed by atoms with van der Waals surface area (Å²) >= 11 is 0. The van der Waals surface area contributed by atoms with Crippen LogP contribution in [0.4, 0.5) is 0 Å². The van der Waals surface area contributed by atoms with E-state index in [2.05, 4.69) is 40.1 Å². The van der Waals surface area contributed by atoms with Crippen LogP contribution in [0.1, 0.15) is 213 Å². The lowest BCUT2D eigenvalue weighted by atomic mass is 10.0. The third-order valence-corrected chi connectivity index (χ3v) is 9.66. The third-order valence-electron chi connectivity index (χ3n) is 9.66. The predicted octanol–water partition coefficient (Wildman–Crippen LogP) is 11.4. The average Bonchev–Trinajstić information content (AvgIpc) is 3.02. The molecule has 0 bridgehead atoms. The minimum Gasteiger partial charge on any atom is -0.550 e. The van der Waals surface area contributed by atoms with Crippen LogP contribution >= 0.6 is 0 Å². The van der Waals surface area contributed by atoms with Crippen molar-refractivity contribution in [3.8, 4) is 0 Å². The Morgan fingerprint density at radius 2 is 0.957 bits per heavy atom. The Morgan fingerprint density at radius 1 is 0.553 bits per heavy atom. The molecule has 0 heterocycles. The number of carboxylic acids is 1. The van der Waals surface area contributed by atoms with Crippen LogP contribution in [0, 0.1) is 0 Å². The summed E-state index contributed by atoms with van der Waals surface area (Å²) in [5, 5.41) is 10.9. The summed E-state index contributed by atoms with van der Waals surface area (Å²) in [4.78, 5) is 23.7. The van der Waals surface area contributed by atoms with Crippen molar-refractivity contribution in [1.29, 1.82) is 0 Å². The van der Waals surface area contributed by atoms with Crippen molar-refractivity contribution >= 4 is 11.9 Å². The molecule has 5 nitrogen and oxygen atoms in total. The number of hydrogen-bond donors (Lipinski definition) is 0. The van der Waals surface area contributed by atoms with Gasteiger partial charge in [-0.25, -0.2) is 0 Å². The van der Waals surface area contributed by atoms with Crippen molar-refractivity contribution in [3.05, 3.63) is 12.2 Å². The number of unbranched alkanes of at least 4 members (excludes halogenated alkanes) is 24. The molecule has 0 N–H and O–H groups in total. The molecule has 0 amide bonds. The van der Waals surface area contributed by atoms with Gasteiger partial charge in [0.1, 0.15) is 6.54 Å². The van der Waals surface area contributed by atoms with Crippen LogP contribution in [0.15, 0.2) is 12.2 Å². The lowest BCUT2D eigenvalue weighted by Crippen LogP contribution is -2.47. The van der Waals surface area contributed by atoms with Crippen molar-refractivity contribution < 1.29 is 23.9 Å². The largest absolute Gasteiger partial charge is 0.550 e. The van der Waals surface area contributed by atoms with Gasteiger partial charge in [-0.3, -0.25) is 4.79 Å². The Kier molecular flexibility index (Phi) is 33.5. The minimum atomic E-state index is -0.990. The normalized spacial score (nSPS) is 12.6. The number of esters is 1. The highest BCUT2D eigenvalue weighted by Crippen LogP contribution is 2.18. The van der Waals surface area contributed by atoms with Gasteiger partial charge in [0.05, 0.1) is 20.6 Å². The fourth-order valence-corrected chi connectivity index (χ4v) is 6.63. The van der Waals surface area contributed by atoms with Crippen LogP contribution in [0.25, 0.3) is 0 Å². The summed E-state index contributed by atoms with van der Waals surface area (Å²) in [7, 11) is 4.23. The van der Waals surface area contributed by atoms with Crippen molar-refractivity contribution in [3.63, 3.8) is 0 Å². The van der Waals surface area contributed by atoms with Gasteiger partial charge in [-0.2, -0.15) is 0 Å². The lowest BCUT2D eigenvalue weighted by molar-refractivity contribution is -0.893. The molecule has 0 aliphatic rings. The maximum absolute atomic E-state index is 12.8. The maximum atomic E-state index is 12.8. The maximum Gasteiger partial charge on any atom is 0.306 e. The number of carboxylic acid groups (broad SMARTS) is 1. The first-order valence-corrected chi connectivity index (χ1v) is 20.7. The number of quaternary nitrogens is 1. The highest BCUT2D eigenvalue weighted by atomic mass is 16.5. The van der Waals surface area contributed by atoms with Gasteiger partial charge in [-0.15, -0.1) is 0 Å². The number of nitrogens with zero attached hydrogens (tertiary/aromatic N) is 1. The van der Waals surface area contributed by atoms with Crippen LogP contribution < -0.4 is 5.11 Å². The van der Waals surface area contributed by atoms with Gasteiger partial charge < -0.3 is 19.1 Å². The molecule has 0 fully saturated rings. The van der Waals surface area contributed by atoms with Gasteiger partial charge in [0.25, 0.3) is 0 Å². The molecule has 0 saturated carbocycles. The number of allylic oxidation sites excluding steroid dienone is 2. The van der Waals surface area contributed by atoms with Gasteiger partial charge in [0.2, 0.25) is 0 Å². The Balaban J connectivity index is 4.18. The van der Waals surface area contributed by atoms with Gasteiger partial charge in [-0.05, 0) is 51.4 Å². The summed E-state index contributed by atoms with van der Waals surface area (Å²) in [6, 6.07) is 0. The van der Waals surface area contributed by atoms with E-state index in [1.54, 1.807) is 0 Å². The van der Waals surface area contributed by atoms with E-state index in [4.69, 9.17) is 4.74 Å². The van der Waals surface area contributed by atoms with Crippen molar-refractivity contribution in [2.24, 2.45) is 0 Å². The second kappa shape index (κ2) is 34.5. The van der Waals surface area contributed by atoms with Crippen LogP contribution in [0.2, 0.25) is 0 Å². The van der Waals surface area contributed by atoms with E-state index in [1.807, 2.05) is 0 Å². The van der Waals surface area contributed by atoms with E-state index in [1.165, 1.54) is 154 Å². The molecule has 0 radical (unpaired) electrons. The first kappa shape index (κ1) is 45.6. The number of carbonyl (C=O) groups excluding carboxylic acids is 2. The number of aliphatic carboxylic acids is 1. The van der Waals surface area contributed by atoms with E-state index in [0.717, 1.165) is 38.8 Å². The first-order valence-electron chi connectivity index (χ1n) is 20.7. The average molecular weight is 664 g/mol. The van der Waals surface area contributed by atoms with E-state index in [0.29, 0.717) is 17.3 Å². The lowest BCUT2D eigenvalue weighted by Gasteiger charge is -2.33. The fourth-order valence-electron chi connectivity index (χ4n) is 6.63. The molecule has 0 rings (SSSR count). The number of rotatable bonds is 37. The standard InChI is InChI=1S/C42H81NO4/c1-5-7-9-11-13-15-17-19-21-23-25-27-29-31-33-37-42(46)47-40(39-43(3,4)38-34-36-41(44)45)35-32-30-28-26-24-22-20-18-16-14-12-10-8-6-2/h19,21,40H,5-18,20,22-39H2,1-4H3/b21-19-. The van der Waals surface area contributed by atoms with E-state index >= 15 is 0 Å². The summed E-state index contributed by atoms with van der Waals surface area (Å²) in [6.07, 6.45) is 41.6. The van der Waals surface area contributed by atoms with Gasteiger partial charge in [0, 0.05) is 18.8 Å².